The van der Waals surface area contributed by atoms with E-state index < -0.39 is 0 Å². The maximum Gasteiger partial charge on any atom is 0.156 e. The van der Waals surface area contributed by atoms with E-state index in [1.807, 2.05) is 49.1 Å². The molecule has 0 N–H and O–H groups in total. The molecule has 0 radical (unpaired) electrons. The summed E-state index contributed by atoms with van der Waals surface area (Å²) < 4.78 is 7.20. The van der Waals surface area contributed by atoms with Gasteiger partial charge in [-0.1, -0.05) is 12.2 Å². The van der Waals surface area contributed by atoms with Crippen LogP contribution < -0.4 is 4.90 Å². The molecule has 2 aromatic rings. The number of hydrogen-bond acceptors (Lipinski definition) is 6. The van der Waals surface area contributed by atoms with E-state index in [-0.39, 0.29) is 0 Å². The fraction of sp³-hybridized carbons (Fsp3) is 0.480. The zero-order chi connectivity index (χ0) is 22.7. The van der Waals surface area contributed by atoms with Crippen molar-refractivity contribution in [2.45, 2.75) is 45.7 Å². The Bertz CT molecular complexity index is 1010. The lowest BCUT2D eigenvalue weighted by atomic mass is 10.0. The van der Waals surface area contributed by atoms with Crippen molar-refractivity contribution in [1.29, 1.82) is 0 Å². The topological polar surface area (TPSA) is 58.8 Å². The van der Waals surface area contributed by atoms with Gasteiger partial charge in [-0.05, 0) is 65.1 Å². The second kappa shape index (κ2) is 9.79. The number of allylic oxidation sites excluding steroid dienone is 4. The molecule has 7 nitrogen and oxygen atoms in total. The summed E-state index contributed by atoms with van der Waals surface area (Å²) in [4.78, 5) is 13.8. The van der Waals surface area contributed by atoms with Crippen molar-refractivity contribution in [2.24, 2.45) is 4.99 Å². The van der Waals surface area contributed by atoms with Gasteiger partial charge in [0.25, 0.3) is 0 Å². The van der Waals surface area contributed by atoms with Crippen LogP contribution in [-0.2, 0) is 4.74 Å². The molecule has 2 aliphatic rings. The number of piperidine rings is 1. The van der Waals surface area contributed by atoms with Crippen LogP contribution in [0, 0.1) is 6.92 Å². The molecule has 2 aliphatic heterocycles. The minimum absolute atomic E-state index is 0.600. The van der Waals surface area contributed by atoms with Gasteiger partial charge in [-0.3, -0.25) is 9.89 Å². The number of nitrogens with zero attached hydrogens (tertiary/aromatic N) is 6. The lowest BCUT2D eigenvalue weighted by Gasteiger charge is -2.43. The molecular weight excluding hydrogens is 400 g/mol. The Kier molecular flexibility index (Phi) is 6.86. The van der Waals surface area contributed by atoms with Gasteiger partial charge in [0.05, 0.1) is 36.8 Å². The van der Waals surface area contributed by atoms with E-state index in [9.17, 15) is 0 Å². The molecule has 0 bridgehead atoms. The fourth-order valence-corrected chi connectivity index (χ4v) is 4.48. The molecule has 0 saturated carbocycles. The summed E-state index contributed by atoms with van der Waals surface area (Å²) in [7, 11) is 2.25. The van der Waals surface area contributed by atoms with E-state index in [1.165, 1.54) is 18.5 Å². The number of likely N-dealkylation sites (N-methyl/N-ethyl adjacent to an activating group) is 1. The molecule has 2 fully saturated rings. The summed E-state index contributed by atoms with van der Waals surface area (Å²) in [5, 5.41) is 4.76. The van der Waals surface area contributed by atoms with Crippen LogP contribution in [0.3, 0.4) is 0 Å². The normalized spacial score (nSPS) is 18.8. The number of aliphatic imine (C=N–C) groups is 1. The predicted octanol–water partition coefficient (Wildman–Crippen LogP) is 3.88. The minimum atomic E-state index is 0.600. The largest absolute Gasteiger partial charge is 0.378 e. The van der Waals surface area contributed by atoms with Crippen molar-refractivity contribution in [1.82, 2.24) is 19.7 Å². The Morgan fingerprint density at radius 2 is 2.03 bits per heavy atom. The van der Waals surface area contributed by atoms with E-state index in [0.29, 0.717) is 12.1 Å². The van der Waals surface area contributed by atoms with Crippen LogP contribution in [0.5, 0.6) is 0 Å². The molecule has 0 aromatic carbocycles. The first-order chi connectivity index (χ1) is 15.5. The van der Waals surface area contributed by atoms with Crippen molar-refractivity contribution >= 4 is 18.0 Å². The SMILES string of the molecule is C=N/C(C)=C(\C=C/C)c1ccn(-c2ncc(N3CCC(N(C)C4COC4)CC3)cc2C)n1. The van der Waals surface area contributed by atoms with Crippen molar-refractivity contribution in [2.75, 3.05) is 38.3 Å². The lowest BCUT2D eigenvalue weighted by molar-refractivity contribution is -0.0718. The van der Waals surface area contributed by atoms with Crippen LogP contribution in [0.25, 0.3) is 11.4 Å². The monoisotopic (exact) mass is 434 g/mol. The Labute approximate surface area is 191 Å². The Hall–Kier alpha value is -2.77. The molecule has 170 valence electrons. The van der Waals surface area contributed by atoms with Crippen LogP contribution in [0.4, 0.5) is 5.69 Å². The van der Waals surface area contributed by atoms with Crippen LogP contribution in [0.2, 0.25) is 0 Å². The van der Waals surface area contributed by atoms with Gasteiger partial charge < -0.3 is 9.64 Å². The van der Waals surface area contributed by atoms with E-state index in [2.05, 4.69) is 41.5 Å². The maximum absolute atomic E-state index is 5.36. The number of pyridine rings is 1. The Balaban J connectivity index is 1.46. The summed E-state index contributed by atoms with van der Waals surface area (Å²) >= 11 is 0. The summed E-state index contributed by atoms with van der Waals surface area (Å²) in [6.45, 7) is 13.6. The third kappa shape index (κ3) is 4.54. The number of ether oxygens (including phenoxy) is 1. The number of aromatic nitrogens is 3. The van der Waals surface area contributed by atoms with E-state index in [0.717, 1.165) is 54.6 Å². The van der Waals surface area contributed by atoms with Gasteiger partial charge in [-0.15, -0.1) is 0 Å². The second-order valence-electron chi connectivity index (χ2n) is 8.71. The van der Waals surface area contributed by atoms with E-state index in [1.54, 1.807) is 0 Å². The van der Waals surface area contributed by atoms with Gasteiger partial charge in [-0.2, -0.15) is 5.10 Å². The summed E-state index contributed by atoms with van der Waals surface area (Å²) in [5.74, 6) is 0.851. The van der Waals surface area contributed by atoms with Crippen LogP contribution in [-0.4, -0.2) is 71.8 Å². The first kappa shape index (κ1) is 22.4. The molecule has 2 saturated heterocycles. The molecule has 0 unspecified atom stereocenters. The Morgan fingerprint density at radius 1 is 1.28 bits per heavy atom. The summed E-state index contributed by atoms with van der Waals surface area (Å²) in [5.41, 5.74) is 4.98. The molecule has 4 rings (SSSR count). The van der Waals surface area contributed by atoms with Gasteiger partial charge in [0.2, 0.25) is 0 Å². The van der Waals surface area contributed by atoms with Crippen molar-refractivity contribution in [3.05, 3.63) is 53.6 Å². The third-order valence-corrected chi connectivity index (χ3v) is 6.68. The minimum Gasteiger partial charge on any atom is -0.378 e. The smallest absolute Gasteiger partial charge is 0.156 e. The van der Waals surface area contributed by atoms with E-state index in [4.69, 9.17) is 14.8 Å². The number of aryl methyl sites for hydroxylation is 1. The average Bonchev–Trinajstić information content (AvgIpc) is 3.25. The van der Waals surface area contributed by atoms with Crippen LogP contribution in [0.1, 0.15) is 37.9 Å². The maximum atomic E-state index is 5.36. The highest BCUT2D eigenvalue weighted by Crippen LogP contribution is 2.26. The van der Waals surface area contributed by atoms with Gasteiger partial charge >= 0.3 is 0 Å². The standard InChI is InChI=1S/C25H34N6O/c1-6-7-23(19(3)26-4)24-10-13-31(28-24)25-18(2)14-21(15-27-25)30-11-8-20(9-12-30)29(5)22-16-32-17-22/h6-7,10,13-15,20,22H,4,8-9,11-12,16-17H2,1-3,5H3/b7-6-,23-19+. The highest BCUT2D eigenvalue weighted by molar-refractivity contribution is 5.74. The molecule has 0 aliphatic carbocycles. The first-order valence-corrected chi connectivity index (χ1v) is 11.4. The molecule has 4 heterocycles. The van der Waals surface area contributed by atoms with E-state index >= 15 is 0 Å². The summed E-state index contributed by atoms with van der Waals surface area (Å²) in [6, 6.07) is 5.46. The molecule has 7 heteroatoms. The Morgan fingerprint density at radius 3 is 2.62 bits per heavy atom. The van der Waals surface area contributed by atoms with Gasteiger partial charge in [0, 0.05) is 36.6 Å². The fourth-order valence-electron chi connectivity index (χ4n) is 4.48. The molecule has 2 aromatic heterocycles. The van der Waals surface area contributed by atoms with Crippen molar-refractivity contribution in [3.8, 4) is 5.82 Å². The van der Waals surface area contributed by atoms with Gasteiger partial charge in [0.1, 0.15) is 0 Å². The summed E-state index contributed by atoms with van der Waals surface area (Å²) in [6.07, 6.45) is 10.3. The van der Waals surface area contributed by atoms with Crippen molar-refractivity contribution < 1.29 is 4.74 Å². The quantitative estimate of drug-likeness (QED) is 0.489. The highest BCUT2D eigenvalue weighted by atomic mass is 16.5. The molecule has 0 spiro atoms. The predicted molar refractivity (Wildman–Crippen MR) is 131 cm³/mol. The third-order valence-electron chi connectivity index (χ3n) is 6.68. The molecular formula is C25H34N6O. The van der Waals surface area contributed by atoms with Gasteiger partial charge in [0.15, 0.2) is 5.82 Å². The number of rotatable bonds is 7. The first-order valence-electron chi connectivity index (χ1n) is 11.4. The number of anilines is 1. The number of hydrogen-bond donors (Lipinski definition) is 0. The van der Waals surface area contributed by atoms with Gasteiger partial charge in [-0.25, -0.2) is 9.67 Å². The lowest BCUT2D eigenvalue weighted by Crippen LogP contribution is -2.54. The average molecular weight is 435 g/mol. The molecule has 0 atom stereocenters. The molecule has 32 heavy (non-hydrogen) atoms. The van der Waals surface area contributed by atoms with Crippen LogP contribution in [0.15, 0.2) is 47.4 Å². The zero-order valence-corrected chi connectivity index (χ0v) is 19.7. The highest BCUT2D eigenvalue weighted by Gasteiger charge is 2.31. The second-order valence-corrected chi connectivity index (χ2v) is 8.71. The van der Waals surface area contributed by atoms with Crippen LogP contribution >= 0.6 is 0 Å². The van der Waals surface area contributed by atoms with Crippen molar-refractivity contribution in [3.63, 3.8) is 0 Å². The molecule has 0 amide bonds. The zero-order valence-electron chi connectivity index (χ0n) is 19.7.